The fourth-order valence-corrected chi connectivity index (χ4v) is 2.89. The summed E-state index contributed by atoms with van der Waals surface area (Å²) in [5.41, 5.74) is 0.701. The maximum absolute atomic E-state index is 10.4. The number of nitrogens with zero attached hydrogens (tertiary/aromatic N) is 2. The van der Waals surface area contributed by atoms with Crippen molar-refractivity contribution in [2.24, 2.45) is 0 Å². The molecule has 0 heterocycles. The highest BCUT2D eigenvalue weighted by Gasteiger charge is 2.28. The summed E-state index contributed by atoms with van der Waals surface area (Å²) in [7, 11) is 1.76. The van der Waals surface area contributed by atoms with Gasteiger partial charge >= 0.3 is 0 Å². The number of benzene rings is 1. The predicted molar refractivity (Wildman–Crippen MR) is 127 cm³/mol. The van der Waals surface area contributed by atoms with Crippen LogP contribution in [0.5, 0.6) is 0 Å². The molecule has 0 spiro atoms. The van der Waals surface area contributed by atoms with Gasteiger partial charge in [0, 0.05) is 13.5 Å². The van der Waals surface area contributed by atoms with Crippen molar-refractivity contribution in [1.82, 2.24) is 3.94 Å². The van der Waals surface area contributed by atoms with Gasteiger partial charge in [-0.05, 0) is 56.5 Å². The summed E-state index contributed by atoms with van der Waals surface area (Å²) >= 11 is 11.7. The molecule has 1 aromatic carbocycles. The van der Waals surface area contributed by atoms with Crippen LogP contribution in [0.15, 0.2) is 29.2 Å². The Hall–Kier alpha value is -0.490. The van der Waals surface area contributed by atoms with E-state index in [4.69, 9.17) is 37.8 Å². The van der Waals surface area contributed by atoms with E-state index in [0.717, 1.165) is 29.6 Å². The lowest BCUT2D eigenvalue weighted by Gasteiger charge is -2.34. The molecule has 188 valence electrons. The first-order chi connectivity index (χ1) is 14.7. The number of aryl methyl sites for hydroxylation is 1. The van der Waals surface area contributed by atoms with Gasteiger partial charge in [-0.3, -0.25) is 0 Å². The number of likely N-dealkylation sites (N-methyl/N-ethyl adjacent to an activating group) is 1. The van der Waals surface area contributed by atoms with Gasteiger partial charge in [-0.2, -0.15) is 0 Å². The number of rotatable bonds is 14. The Morgan fingerprint density at radius 1 is 0.969 bits per heavy atom. The average molecular weight is 518 g/mol. The van der Waals surface area contributed by atoms with Gasteiger partial charge in [0.15, 0.2) is 0 Å². The Morgan fingerprint density at radius 2 is 1.47 bits per heavy atom. The van der Waals surface area contributed by atoms with Gasteiger partial charge in [0.2, 0.25) is 0 Å². The zero-order chi connectivity index (χ0) is 24.8. The van der Waals surface area contributed by atoms with Crippen molar-refractivity contribution in [3.63, 3.8) is 0 Å². The lowest BCUT2D eigenvalue weighted by molar-refractivity contribution is -0.891. The molecule has 32 heavy (non-hydrogen) atoms. The molecule has 0 atom stereocenters. The second-order valence-corrected chi connectivity index (χ2v) is 10.9. The molecule has 1 aromatic rings. The Kier molecular flexibility index (Phi) is 15.2. The van der Waals surface area contributed by atoms with E-state index in [1.807, 2.05) is 20.8 Å². The van der Waals surface area contributed by atoms with Crippen LogP contribution in [0.25, 0.3) is 0 Å². The highest BCUT2D eigenvalue weighted by Crippen LogP contribution is 2.24. The molecular weight excluding hydrogens is 479 g/mol. The molecule has 0 N–H and O–H groups in total. The standard InChI is InChI=1S/C14H31Cl2N2O3.C7H8O3S/c1-14(2,17(15)16)6-7-18(3,4)8-9-20-12-13-21-11-10-19-5;1-6-2-4-7(5-3-6)11(8,9)10/h6-13H2,1-5H3;2-5H,1H3,(H,8,9,10)/q+1;/p-1. The van der Waals surface area contributed by atoms with Crippen LogP contribution in [0.4, 0.5) is 0 Å². The van der Waals surface area contributed by atoms with Gasteiger partial charge in [-0.25, -0.2) is 8.42 Å². The molecule has 0 aliphatic rings. The Bertz CT molecular complexity index is 728. The van der Waals surface area contributed by atoms with Crippen LogP contribution in [0.2, 0.25) is 0 Å². The Labute approximate surface area is 203 Å². The predicted octanol–water partition coefficient (Wildman–Crippen LogP) is 3.42. The Balaban J connectivity index is 0.000000726. The first kappa shape index (κ1) is 31.5. The van der Waals surface area contributed by atoms with Gasteiger partial charge in [0.25, 0.3) is 0 Å². The van der Waals surface area contributed by atoms with Gasteiger partial charge in [-0.15, -0.1) is 3.94 Å². The molecule has 0 radical (unpaired) electrons. The molecule has 0 saturated carbocycles. The van der Waals surface area contributed by atoms with Crippen LogP contribution in [-0.2, 0) is 24.3 Å². The molecule has 0 unspecified atom stereocenters. The molecule has 11 heteroatoms. The van der Waals surface area contributed by atoms with Crippen molar-refractivity contribution < 1.29 is 31.7 Å². The fourth-order valence-electron chi connectivity index (χ4n) is 2.25. The van der Waals surface area contributed by atoms with E-state index in [1.54, 1.807) is 19.2 Å². The lowest BCUT2D eigenvalue weighted by atomic mass is 10.0. The van der Waals surface area contributed by atoms with E-state index < -0.39 is 10.1 Å². The first-order valence-corrected chi connectivity index (χ1v) is 12.4. The van der Waals surface area contributed by atoms with Crippen LogP contribution in [0.1, 0.15) is 25.8 Å². The summed E-state index contributed by atoms with van der Waals surface area (Å²) in [4.78, 5) is -0.178. The highest BCUT2D eigenvalue weighted by molar-refractivity contribution is 7.85. The van der Waals surface area contributed by atoms with Crippen molar-refractivity contribution in [1.29, 1.82) is 0 Å². The Morgan fingerprint density at radius 3 is 1.94 bits per heavy atom. The van der Waals surface area contributed by atoms with Gasteiger partial charge in [0.1, 0.15) is 16.7 Å². The van der Waals surface area contributed by atoms with Crippen LogP contribution < -0.4 is 0 Å². The van der Waals surface area contributed by atoms with E-state index in [0.29, 0.717) is 33.0 Å². The van der Waals surface area contributed by atoms with Crippen molar-refractivity contribution in [3.8, 4) is 0 Å². The molecule has 0 aromatic heterocycles. The minimum Gasteiger partial charge on any atom is -0.744 e. The van der Waals surface area contributed by atoms with Crippen LogP contribution in [-0.4, -0.2) is 94.3 Å². The zero-order valence-corrected chi connectivity index (χ0v) is 22.3. The van der Waals surface area contributed by atoms with E-state index in [-0.39, 0.29) is 10.4 Å². The third-order valence-corrected chi connectivity index (χ3v) is 6.51. The van der Waals surface area contributed by atoms with Crippen molar-refractivity contribution >= 4 is 33.7 Å². The smallest absolute Gasteiger partial charge is 0.124 e. The maximum atomic E-state index is 10.4. The number of hydrogen-bond acceptors (Lipinski definition) is 7. The van der Waals surface area contributed by atoms with E-state index >= 15 is 0 Å². The number of quaternary nitrogens is 1. The lowest BCUT2D eigenvalue weighted by Crippen LogP contribution is -2.46. The van der Waals surface area contributed by atoms with Gasteiger partial charge < -0.3 is 23.2 Å². The summed E-state index contributed by atoms with van der Waals surface area (Å²) in [6.07, 6.45) is 0.910. The second-order valence-electron chi connectivity index (χ2n) is 8.66. The summed E-state index contributed by atoms with van der Waals surface area (Å²) < 4.78 is 49.1. The number of ether oxygens (including phenoxy) is 3. The molecule has 0 saturated heterocycles. The maximum Gasteiger partial charge on any atom is 0.124 e. The third kappa shape index (κ3) is 15.4. The van der Waals surface area contributed by atoms with Crippen molar-refractivity contribution in [2.75, 3.05) is 67.3 Å². The van der Waals surface area contributed by atoms with E-state index in [9.17, 15) is 13.0 Å². The normalized spacial score (nSPS) is 12.6. The number of halogens is 2. The fraction of sp³-hybridized carbons (Fsp3) is 0.714. The molecule has 0 amide bonds. The molecular formula is C21H38Cl2N2O6S. The van der Waals surface area contributed by atoms with Crippen molar-refractivity contribution in [2.45, 2.75) is 37.6 Å². The number of methoxy groups -OCH3 is 1. The molecule has 0 aliphatic carbocycles. The third-order valence-electron chi connectivity index (χ3n) is 4.74. The highest BCUT2D eigenvalue weighted by atomic mass is 35.5. The first-order valence-electron chi connectivity index (χ1n) is 10.3. The minimum absolute atomic E-state index is 0.178. The van der Waals surface area contributed by atoms with Crippen LogP contribution in [0, 0.1) is 6.92 Å². The second kappa shape index (κ2) is 15.4. The van der Waals surface area contributed by atoms with E-state index in [2.05, 4.69) is 14.1 Å². The summed E-state index contributed by atoms with van der Waals surface area (Å²) in [6.45, 7) is 11.0. The van der Waals surface area contributed by atoms with Gasteiger partial charge in [0.05, 0.1) is 64.1 Å². The van der Waals surface area contributed by atoms with Crippen LogP contribution >= 0.6 is 23.6 Å². The molecule has 0 fully saturated rings. The topological polar surface area (TPSA) is 88.1 Å². The van der Waals surface area contributed by atoms with Crippen LogP contribution in [0.3, 0.4) is 0 Å². The zero-order valence-electron chi connectivity index (χ0n) is 20.0. The molecule has 8 nitrogen and oxygen atoms in total. The van der Waals surface area contributed by atoms with Gasteiger partial charge in [-0.1, -0.05) is 17.7 Å². The summed E-state index contributed by atoms with van der Waals surface area (Å²) in [5.74, 6) is 0. The quantitative estimate of drug-likeness (QED) is 0.162. The largest absolute Gasteiger partial charge is 0.744 e. The number of hydrogen-bond donors (Lipinski definition) is 0. The summed E-state index contributed by atoms with van der Waals surface area (Å²) in [6, 6.07) is 5.78. The monoisotopic (exact) mass is 516 g/mol. The molecule has 0 bridgehead atoms. The molecule has 0 aliphatic heterocycles. The van der Waals surface area contributed by atoms with Crippen molar-refractivity contribution in [3.05, 3.63) is 29.8 Å². The van der Waals surface area contributed by atoms with E-state index in [1.165, 1.54) is 16.1 Å². The summed E-state index contributed by atoms with van der Waals surface area (Å²) in [5, 5.41) is 0. The SMILES string of the molecule is COCCOCCOCC[N+](C)(C)CCC(C)(C)N(Cl)Cl.Cc1ccc(S(=O)(=O)[O-])cc1. The average Bonchev–Trinajstić information content (AvgIpc) is 2.69. The molecule has 1 rings (SSSR count). The minimum atomic E-state index is -4.27.